The molecule has 0 aromatic heterocycles. The summed E-state index contributed by atoms with van der Waals surface area (Å²) in [5.41, 5.74) is 0.193. The fourth-order valence-electron chi connectivity index (χ4n) is 7.82. The Labute approximate surface area is 343 Å². The Bertz CT molecular complexity index is 1810. The number of rotatable bonds is 14. The van der Waals surface area contributed by atoms with Gasteiger partial charge in [-0.05, 0) is 63.0 Å². The number of hydrogen-bond donors (Lipinski definition) is 4. The predicted octanol–water partition coefficient (Wildman–Crippen LogP) is 3.94. The van der Waals surface area contributed by atoms with Crippen molar-refractivity contribution < 1.29 is 41.9 Å². The second kappa shape index (κ2) is 19.1. The van der Waals surface area contributed by atoms with Crippen molar-refractivity contribution >= 4 is 45.5 Å². The van der Waals surface area contributed by atoms with Crippen molar-refractivity contribution in [1.29, 1.82) is 0 Å². The van der Waals surface area contributed by atoms with Crippen LogP contribution in [-0.4, -0.2) is 114 Å². The Kier molecular flexibility index (Phi) is 15.2. The lowest BCUT2D eigenvalue weighted by Crippen LogP contribution is -2.63. The largest absolute Gasteiger partial charge is 0.444 e. The molecule has 6 amide bonds. The van der Waals surface area contributed by atoms with E-state index in [9.17, 15) is 37.2 Å². The van der Waals surface area contributed by atoms with Crippen LogP contribution >= 0.6 is 0 Å². The third kappa shape index (κ3) is 11.6. The van der Waals surface area contributed by atoms with Crippen molar-refractivity contribution in [1.82, 2.24) is 31.1 Å². The van der Waals surface area contributed by atoms with E-state index in [2.05, 4.69) is 27.8 Å². The molecule has 322 valence electrons. The third-order valence-corrected chi connectivity index (χ3v) is 14.1. The molecule has 0 radical (unpaired) electrons. The highest BCUT2D eigenvalue weighted by atomic mass is 32.2. The first kappa shape index (κ1) is 46.2. The number of Topliss-reactive ketones (excluding diaryl/α,β-unsaturated/α-hetero) is 1. The number of fused-ring (bicyclic) bond motifs is 1. The molecule has 15 nitrogen and oxygen atoms in total. The molecule has 2 aliphatic heterocycles. The molecule has 2 fully saturated rings. The van der Waals surface area contributed by atoms with Gasteiger partial charge in [0.2, 0.25) is 17.6 Å². The number of likely N-dealkylation sites (tertiary alicyclic amines) is 1. The van der Waals surface area contributed by atoms with Gasteiger partial charge in [0.15, 0.2) is 9.84 Å². The number of ketones is 1. The summed E-state index contributed by atoms with van der Waals surface area (Å²) in [5.74, 6) is -3.33. The van der Waals surface area contributed by atoms with Crippen molar-refractivity contribution in [2.24, 2.45) is 5.41 Å². The number of nitrogens with zero attached hydrogens (tertiary/aromatic N) is 2. The van der Waals surface area contributed by atoms with Crippen molar-refractivity contribution in [3.05, 3.63) is 48.0 Å². The quantitative estimate of drug-likeness (QED) is 0.159. The Balaban J connectivity index is 1.60. The smallest absolute Gasteiger partial charge is 0.410 e. The van der Waals surface area contributed by atoms with Crippen LogP contribution in [0.4, 0.5) is 9.59 Å². The first-order chi connectivity index (χ1) is 27.1. The molecule has 1 saturated carbocycles. The van der Waals surface area contributed by atoms with Crippen LogP contribution in [-0.2, 0) is 46.7 Å². The van der Waals surface area contributed by atoms with Gasteiger partial charge < -0.3 is 35.8 Å². The molecule has 4 N–H and O–H groups in total. The SMILES string of the molecule is C=CCNC(=O)C(=O)C(CCC)NC(=O)[C@@H]1C[C@@H](OC(=O)N2CCc3ccccc3C2)CN1C(=O)[C@@H](NC(=O)NC1(CS(=O)(=O)C(C)(C)C)CCCCC1)C(C)(C)C. The number of nitrogens with one attached hydrogen (secondary N) is 4. The Morgan fingerprint density at radius 1 is 0.983 bits per heavy atom. The second-order valence-corrected chi connectivity index (χ2v) is 20.8. The lowest BCUT2D eigenvalue weighted by Gasteiger charge is -2.41. The van der Waals surface area contributed by atoms with Crippen molar-refractivity contribution in [2.75, 3.05) is 25.4 Å². The normalized spacial score (nSPS) is 20.5. The molecule has 1 saturated heterocycles. The summed E-state index contributed by atoms with van der Waals surface area (Å²) in [5, 5.41) is 10.9. The number of benzene rings is 1. The van der Waals surface area contributed by atoms with E-state index < -0.39 is 85.4 Å². The first-order valence-electron chi connectivity index (χ1n) is 20.5. The summed E-state index contributed by atoms with van der Waals surface area (Å²) >= 11 is 0. The van der Waals surface area contributed by atoms with Gasteiger partial charge in [-0.3, -0.25) is 19.2 Å². The van der Waals surface area contributed by atoms with E-state index in [1.54, 1.807) is 53.4 Å². The fraction of sp³-hybridized carbons (Fsp3) is 0.667. The van der Waals surface area contributed by atoms with Crippen LogP contribution in [0.1, 0.15) is 111 Å². The van der Waals surface area contributed by atoms with Gasteiger partial charge in [0.05, 0.1) is 28.6 Å². The van der Waals surface area contributed by atoms with E-state index in [1.807, 2.05) is 24.3 Å². The summed E-state index contributed by atoms with van der Waals surface area (Å²) in [6.07, 6.45) is 4.35. The van der Waals surface area contributed by atoms with E-state index in [0.29, 0.717) is 38.8 Å². The maximum Gasteiger partial charge on any atom is 0.410 e. The van der Waals surface area contributed by atoms with Crippen molar-refractivity contribution in [2.45, 2.75) is 147 Å². The zero-order valence-electron chi connectivity index (χ0n) is 35.3. The van der Waals surface area contributed by atoms with E-state index in [-0.39, 0.29) is 31.7 Å². The van der Waals surface area contributed by atoms with Gasteiger partial charge in [-0.2, -0.15) is 0 Å². The minimum Gasteiger partial charge on any atom is -0.444 e. The average Bonchev–Trinajstić information content (AvgIpc) is 3.58. The van der Waals surface area contributed by atoms with Crippen LogP contribution in [0.15, 0.2) is 36.9 Å². The number of carbonyl (C=O) groups excluding carboxylic acids is 6. The van der Waals surface area contributed by atoms with E-state index in [4.69, 9.17) is 4.74 Å². The van der Waals surface area contributed by atoms with Crippen molar-refractivity contribution in [3.63, 3.8) is 0 Å². The number of hydrogen-bond acceptors (Lipinski definition) is 9. The standard InChI is InChI=1S/C42H64N6O9S/c1-9-16-31(33(49)36(51)43-22-10-2)44-35(50)32-24-30(57-39(54)47-23-19-28-17-12-13-18-29(28)25-47)26-48(32)37(52)34(40(3,4)5)45-38(53)46-42(20-14-11-15-21-42)27-58(55,56)41(6,7)8/h10,12-13,17-18,30-32,34H,2,9,11,14-16,19-27H2,1,3-8H3,(H,43,51)(H,44,50)(H2,45,46,53)/t30-,31?,32+,34-/m1/s1. The summed E-state index contributed by atoms with van der Waals surface area (Å²) in [4.78, 5) is 85.0. The molecule has 58 heavy (non-hydrogen) atoms. The summed E-state index contributed by atoms with van der Waals surface area (Å²) in [6, 6.07) is 3.47. The number of amides is 6. The molecular formula is C42H64N6O9S. The molecule has 1 aliphatic carbocycles. The molecule has 1 aromatic carbocycles. The minimum atomic E-state index is -3.63. The third-order valence-electron chi connectivity index (χ3n) is 11.3. The molecule has 1 unspecified atom stereocenters. The maximum atomic E-state index is 14.7. The van der Waals surface area contributed by atoms with Gasteiger partial charge in [0.25, 0.3) is 5.91 Å². The van der Waals surface area contributed by atoms with Crippen LogP contribution in [0.2, 0.25) is 0 Å². The molecular weight excluding hydrogens is 765 g/mol. The highest BCUT2D eigenvalue weighted by Gasteiger charge is 2.48. The zero-order valence-corrected chi connectivity index (χ0v) is 36.1. The van der Waals surface area contributed by atoms with Crippen LogP contribution in [0.25, 0.3) is 0 Å². The van der Waals surface area contributed by atoms with Crippen molar-refractivity contribution in [3.8, 4) is 0 Å². The Morgan fingerprint density at radius 2 is 1.64 bits per heavy atom. The number of urea groups is 1. The molecule has 2 heterocycles. The van der Waals surface area contributed by atoms with E-state index >= 15 is 0 Å². The zero-order chi connectivity index (χ0) is 43.1. The average molecular weight is 829 g/mol. The van der Waals surface area contributed by atoms with Crippen LogP contribution in [0, 0.1) is 5.41 Å². The number of ether oxygens (including phenoxy) is 1. The van der Waals surface area contributed by atoms with Crippen LogP contribution in [0.5, 0.6) is 0 Å². The topological polar surface area (TPSA) is 200 Å². The van der Waals surface area contributed by atoms with Gasteiger partial charge in [0, 0.05) is 26.1 Å². The summed E-state index contributed by atoms with van der Waals surface area (Å²) in [7, 11) is -3.63. The summed E-state index contributed by atoms with van der Waals surface area (Å²) in [6.45, 7) is 16.1. The molecule has 0 spiro atoms. The van der Waals surface area contributed by atoms with Crippen LogP contribution < -0.4 is 21.3 Å². The fourth-order valence-corrected chi connectivity index (χ4v) is 9.34. The number of carbonyl (C=O) groups is 6. The van der Waals surface area contributed by atoms with Gasteiger partial charge in [-0.1, -0.05) is 83.7 Å². The van der Waals surface area contributed by atoms with Crippen LogP contribution in [0.3, 0.4) is 0 Å². The number of sulfone groups is 1. The lowest BCUT2D eigenvalue weighted by atomic mass is 9.83. The van der Waals surface area contributed by atoms with Gasteiger partial charge in [-0.15, -0.1) is 6.58 Å². The first-order valence-corrected chi connectivity index (χ1v) is 22.1. The lowest BCUT2D eigenvalue weighted by molar-refractivity contribution is -0.143. The highest BCUT2D eigenvalue weighted by Crippen LogP contribution is 2.33. The van der Waals surface area contributed by atoms with E-state index in [0.717, 1.165) is 30.4 Å². The molecule has 16 heteroatoms. The molecule has 1 aromatic rings. The Morgan fingerprint density at radius 3 is 2.24 bits per heavy atom. The predicted molar refractivity (Wildman–Crippen MR) is 220 cm³/mol. The minimum absolute atomic E-state index is 0.0558. The molecule has 3 aliphatic rings. The maximum absolute atomic E-state index is 14.7. The molecule has 0 bridgehead atoms. The van der Waals surface area contributed by atoms with E-state index in [1.165, 1.54) is 11.0 Å². The monoisotopic (exact) mass is 828 g/mol. The van der Waals surface area contributed by atoms with Gasteiger partial charge in [-0.25, -0.2) is 18.0 Å². The molecule has 4 atom stereocenters. The highest BCUT2D eigenvalue weighted by molar-refractivity contribution is 7.92. The second-order valence-electron chi connectivity index (χ2n) is 18.0. The summed E-state index contributed by atoms with van der Waals surface area (Å²) < 4.78 is 31.8. The van der Waals surface area contributed by atoms with Gasteiger partial charge >= 0.3 is 12.1 Å². The Hall–Kier alpha value is -4.47. The molecule has 4 rings (SSSR count). The van der Waals surface area contributed by atoms with Gasteiger partial charge in [0.1, 0.15) is 18.2 Å².